The zero-order chi connectivity index (χ0) is 13.8. The molecule has 2 N–H and O–H groups in total. The minimum atomic E-state index is -0.00916. The highest BCUT2D eigenvalue weighted by molar-refractivity contribution is 7.80. The third-order valence-corrected chi connectivity index (χ3v) is 3.16. The lowest BCUT2D eigenvalue weighted by Crippen LogP contribution is -2.33. The van der Waals surface area contributed by atoms with Gasteiger partial charge in [0.2, 0.25) is 5.91 Å². The van der Waals surface area contributed by atoms with E-state index in [-0.39, 0.29) is 12.5 Å². The van der Waals surface area contributed by atoms with Gasteiger partial charge in [0, 0.05) is 25.4 Å². The van der Waals surface area contributed by atoms with Gasteiger partial charge in [0.1, 0.15) is 6.54 Å². The summed E-state index contributed by atoms with van der Waals surface area (Å²) in [5.74, 6) is -0.00916. The van der Waals surface area contributed by atoms with Gasteiger partial charge in [-0.25, -0.2) is 0 Å². The average Bonchev–Trinajstić information content (AvgIpc) is 2.79. The van der Waals surface area contributed by atoms with Gasteiger partial charge in [0.25, 0.3) is 0 Å². The molecule has 1 amide bonds. The molecule has 2 aromatic rings. The Bertz CT molecular complexity index is 607. The summed E-state index contributed by atoms with van der Waals surface area (Å²) in [6, 6.07) is 7.80. The van der Waals surface area contributed by atoms with Gasteiger partial charge in [-0.2, -0.15) is 5.10 Å². The van der Waals surface area contributed by atoms with Crippen molar-refractivity contribution in [3.8, 4) is 0 Å². The Morgan fingerprint density at radius 2 is 2.21 bits per heavy atom. The maximum atomic E-state index is 12.0. The molecule has 1 aromatic carbocycles. The van der Waals surface area contributed by atoms with Gasteiger partial charge in [0.15, 0.2) is 0 Å². The van der Waals surface area contributed by atoms with Gasteiger partial charge in [-0.05, 0) is 6.07 Å². The van der Waals surface area contributed by atoms with Gasteiger partial charge >= 0.3 is 0 Å². The molecule has 1 aromatic heterocycles. The Kier molecular flexibility index (Phi) is 4.11. The van der Waals surface area contributed by atoms with Crippen LogP contribution < -0.4 is 5.73 Å². The Morgan fingerprint density at radius 3 is 2.95 bits per heavy atom. The molecule has 0 saturated heterocycles. The lowest BCUT2D eigenvalue weighted by atomic mass is 10.2. The molecular weight excluding hydrogens is 260 g/mol. The summed E-state index contributed by atoms with van der Waals surface area (Å²) >= 11 is 4.80. The lowest BCUT2D eigenvalue weighted by Gasteiger charge is -2.16. The van der Waals surface area contributed by atoms with E-state index in [0.717, 1.165) is 10.9 Å². The first kappa shape index (κ1) is 13.5. The molecule has 0 aliphatic rings. The van der Waals surface area contributed by atoms with Crippen molar-refractivity contribution in [3.63, 3.8) is 0 Å². The van der Waals surface area contributed by atoms with Crippen molar-refractivity contribution in [2.75, 3.05) is 13.6 Å². The Hall–Kier alpha value is -1.95. The summed E-state index contributed by atoms with van der Waals surface area (Å²) in [5.41, 5.74) is 6.38. The summed E-state index contributed by atoms with van der Waals surface area (Å²) in [4.78, 5) is 14.1. The van der Waals surface area contributed by atoms with E-state index in [1.165, 1.54) is 0 Å². The molecule has 0 spiro atoms. The Balaban J connectivity index is 2.04. The number of aromatic nitrogens is 2. The number of thiocarbonyl (C=S) groups is 1. The molecule has 0 aliphatic heterocycles. The smallest absolute Gasteiger partial charge is 0.244 e. The molecule has 0 radical (unpaired) electrons. The number of likely N-dealkylation sites (N-methyl/N-ethyl adjacent to an activating group) is 1. The molecule has 0 aliphatic carbocycles. The van der Waals surface area contributed by atoms with E-state index in [4.69, 9.17) is 18.0 Å². The summed E-state index contributed by atoms with van der Waals surface area (Å²) < 4.78 is 1.70. The number of hydrogen-bond acceptors (Lipinski definition) is 3. The van der Waals surface area contributed by atoms with Gasteiger partial charge in [-0.15, -0.1) is 0 Å². The van der Waals surface area contributed by atoms with Crippen LogP contribution in [0.2, 0.25) is 0 Å². The highest BCUT2D eigenvalue weighted by Gasteiger charge is 2.11. The summed E-state index contributed by atoms with van der Waals surface area (Å²) in [5, 5.41) is 5.26. The van der Waals surface area contributed by atoms with Crippen molar-refractivity contribution in [1.29, 1.82) is 0 Å². The number of fused-ring (bicyclic) bond motifs is 1. The monoisotopic (exact) mass is 276 g/mol. The van der Waals surface area contributed by atoms with E-state index in [9.17, 15) is 4.79 Å². The van der Waals surface area contributed by atoms with Crippen LogP contribution in [0.3, 0.4) is 0 Å². The van der Waals surface area contributed by atoms with Crippen LogP contribution in [-0.2, 0) is 11.3 Å². The fraction of sp³-hybridized carbons (Fsp3) is 0.308. The zero-order valence-electron chi connectivity index (χ0n) is 10.7. The van der Waals surface area contributed by atoms with Crippen LogP contribution in [0.1, 0.15) is 6.42 Å². The quantitative estimate of drug-likeness (QED) is 0.833. The van der Waals surface area contributed by atoms with E-state index in [0.29, 0.717) is 18.0 Å². The highest BCUT2D eigenvalue weighted by atomic mass is 32.1. The maximum Gasteiger partial charge on any atom is 0.244 e. The molecule has 0 atom stereocenters. The van der Waals surface area contributed by atoms with Crippen molar-refractivity contribution < 1.29 is 4.79 Å². The minimum absolute atomic E-state index is 0.00916. The highest BCUT2D eigenvalue weighted by Crippen LogP contribution is 2.12. The predicted octanol–water partition coefficient (Wildman–Crippen LogP) is 1.17. The molecule has 6 heteroatoms. The topological polar surface area (TPSA) is 64.2 Å². The van der Waals surface area contributed by atoms with Gasteiger partial charge in [-0.3, -0.25) is 9.48 Å². The molecular formula is C13H16N4OS. The van der Waals surface area contributed by atoms with E-state index in [2.05, 4.69) is 5.10 Å². The Morgan fingerprint density at radius 1 is 1.47 bits per heavy atom. The van der Waals surface area contributed by atoms with Crippen LogP contribution in [0.15, 0.2) is 30.5 Å². The third-order valence-electron chi connectivity index (χ3n) is 2.96. The lowest BCUT2D eigenvalue weighted by molar-refractivity contribution is -0.130. The molecule has 2 rings (SSSR count). The molecule has 1 heterocycles. The number of carbonyl (C=O) groups excluding carboxylic acids is 1. The van der Waals surface area contributed by atoms with Crippen LogP contribution in [0.25, 0.3) is 10.9 Å². The third kappa shape index (κ3) is 3.29. The molecule has 19 heavy (non-hydrogen) atoms. The van der Waals surface area contributed by atoms with Crippen molar-refractivity contribution in [2.24, 2.45) is 5.73 Å². The normalized spacial score (nSPS) is 10.6. The first-order valence-corrected chi connectivity index (χ1v) is 6.41. The first-order valence-electron chi connectivity index (χ1n) is 6.01. The molecule has 0 unspecified atom stereocenters. The van der Waals surface area contributed by atoms with Crippen molar-refractivity contribution >= 4 is 34.0 Å². The van der Waals surface area contributed by atoms with Crippen molar-refractivity contribution in [2.45, 2.75) is 13.0 Å². The first-order chi connectivity index (χ1) is 9.08. The Labute approximate surface area is 117 Å². The van der Waals surface area contributed by atoms with E-state index in [1.54, 1.807) is 22.8 Å². The number of nitrogens with two attached hydrogens (primary N) is 1. The van der Waals surface area contributed by atoms with Gasteiger partial charge in [-0.1, -0.05) is 30.4 Å². The average molecular weight is 276 g/mol. The fourth-order valence-corrected chi connectivity index (χ4v) is 1.89. The van der Waals surface area contributed by atoms with Crippen molar-refractivity contribution in [1.82, 2.24) is 14.7 Å². The van der Waals surface area contributed by atoms with E-state index in [1.807, 2.05) is 24.3 Å². The second-order valence-electron chi connectivity index (χ2n) is 4.39. The molecule has 100 valence electrons. The van der Waals surface area contributed by atoms with Crippen LogP contribution in [0.5, 0.6) is 0 Å². The zero-order valence-corrected chi connectivity index (χ0v) is 11.6. The molecule has 0 fully saturated rings. The standard InChI is InChI=1S/C13H16N4OS/c1-16(7-6-12(14)19)13(18)9-17-11-5-3-2-4-10(11)8-15-17/h2-5,8H,6-7,9H2,1H3,(H2,14,19). The molecule has 0 bridgehead atoms. The van der Waals surface area contributed by atoms with Crippen LogP contribution in [0.4, 0.5) is 0 Å². The maximum absolute atomic E-state index is 12.0. The van der Waals surface area contributed by atoms with Crippen LogP contribution in [-0.4, -0.2) is 39.2 Å². The number of benzene rings is 1. The summed E-state index contributed by atoms with van der Waals surface area (Å²) in [7, 11) is 1.74. The largest absolute Gasteiger partial charge is 0.393 e. The summed E-state index contributed by atoms with van der Waals surface area (Å²) in [6.45, 7) is 0.759. The number of amides is 1. The SMILES string of the molecule is CN(CCC(N)=S)C(=O)Cn1ncc2ccccc21. The van der Waals surface area contributed by atoms with E-state index >= 15 is 0 Å². The van der Waals surface area contributed by atoms with Crippen LogP contribution in [0, 0.1) is 0 Å². The number of nitrogens with zero attached hydrogens (tertiary/aromatic N) is 3. The second-order valence-corrected chi connectivity index (χ2v) is 4.92. The number of rotatable bonds is 5. The fourth-order valence-electron chi connectivity index (χ4n) is 1.80. The number of hydrogen-bond donors (Lipinski definition) is 1. The summed E-state index contributed by atoms with van der Waals surface area (Å²) in [6.07, 6.45) is 2.30. The molecule has 5 nitrogen and oxygen atoms in total. The number of carbonyl (C=O) groups is 1. The van der Waals surface area contributed by atoms with E-state index < -0.39 is 0 Å². The minimum Gasteiger partial charge on any atom is -0.393 e. The van der Waals surface area contributed by atoms with Crippen molar-refractivity contribution in [3.05, 3.63) is 30.5 Å². The van der Waals surface area contributed by atoms with Gasteiger partial charge < -0.3 is 10.6 Å². The molecule has 0 saturated carbocycles. The number of para-hydroxylation sites is 1. The van der Waals surface area contributed by atoms with Gasteiger partial charge in [0.05, 0.1) is 16.7 Å². The predicted molar refractivity (Wildman–Crippen MR) is 78.8 cm³/mol. The second kappa shape index (κ2) is 5.79. The van der Waals surface area contributed by atoms with Crippen LogP contribution >= 0.6 is 12.2 Å².